The van der Waals surface area contributed by atoms with Crippen molar-refractivity contribution < 1.29 is 24.4 Å². The molecule has 2 aliphatic rings. The van der Waals surface area contributed by atoms with Crippen molar-refractivity contribution in [3.05, 3.63) is 0 Å². The molecule has 2 N–H and O–H groups in total. The van der Waals surface area contributed by atoms with E-state index in [1.807, 2.05) is 20.8 Å². The van der Waals surface area contributed by atoms with Crippen LogP contribution in [-0.2, 0) is 14.2 Å². The molecular weight excluding hydrogens is 200 g/mol. The maximum atomic E-state index is 9.28. The van der Waals surface area contributed by atoms with Crippen LogP contribution >= 0.6 is 0 Å². The zero-order chi connectivity index (χ0) is 11.3. The highest BCUT2D eigenvalue weighted by Crippen LogP contribution is 2.45. The molecule has 0 aromatic rings. The van der Waals surface area contributed by atoms with E-state index in [0.717, 1.165) is 0 Å². The van der Waals surface area contributed by atoms with E-state index in [0.29, 0.717) is 0 Å². The molecule has 0 radical (unpaired) electrons. The van der Waals surface area contributed by atoms with Crippen LogP contribution in [0.1, 0.15) is 20.8 Å². The lowest BCUT2D eigenvalue weighted by Crippen LogP contribution is -2.45. The smallest absolute Gasteiger partial charge is 0.188 e. The average Bonchev–Trinajstić information content (AvgIpc) is 2.59. The Kier molecular flexibility index (Phi) is 2.56. The van der Waals surface area contributed by atoms with Gasteiger partial charge in [-0.2, -0.15) is 0 Å². The lowest BCUT2D eigenvalue weighted by atomic mass is 9.88. The summed E-state index contributed by atoms with van der Waals surface area (Å²) >= 11 is 0. The third-order valence-corrected chi connectivity index (χ3v) is 3.30. The number of rotatable bonds is 2. The molecule has 2 saturated heterocycles. The Balaban J connectivity index is 2.17. The van der Waals surface area contributed by atoms with Gasteiger partial charge in [0.25, 0.3) is 0 Å². The summed E-state index contributed by atoms with van der Waals surface area (Å²) in [6, 6.07) is 0. The maximum absolute atomic E-state index is 9.28. The van der Waals surface area contributed by atoms with Crippen molar-refractivity contribution in [3.63, 3.8) is 0 Å². The highest BCUT2D eigenvalue weighted by molar-refractivity contribution is 5.00. The predicted molar refractivity (Wildman–Crippen MR) is 51.0 cm³/mol. The molecule has 2 fully saturated rings. The minimum Gasteiger partial charge on any atom is -0.393 e. The molecule has 0 aromatic heterocycles. The number of aliphatic hydroxyl groups is 2. The van der Waals surface area contributed by atoms with E-state index in [9.17, 15) is 10.2 Å². The van der Waals surface area contributed by atoms with E-state index < -0.39 is 17.7 Å². The SMILES string of the molecule is C[C@H]1[C@H]2OC(C)(C)O[C@H]2OC1(CO)CO. The molecule has 5 nitrogen and oxygen atoms in total. The van der Waals surface area contributed by atoms with Gasteiger partial charge in [-0.05, 0) is 13.8 Å². The van der Waals surface area contributed by atoms with Gasteiger partial charge in [-0.15, -0.1) is 0 Å². The van der Waals surface area contributed by atoms with E-state index >= 15 is 0 Å². The summed E-state index contributed by atoms with van der Waals surface area (Å²) in [5, 5.41) is 18.6. The van der Waals surface area contributed by atoms with Crippen LogP contribution in [0.5, 0.6) is 0 Å². The van der Waals surface area contributed by atoms with Crippen molar-refractivity contribution >= 4 is 0 Å². The van der Waals surface area contributed by atoms with E-state index in [-0.39, 0.29) is 25.2 Å². The van der Waals surface area contributed by atoms with Crippen molar-refractivity contribution in [3.8, 4) is 0 Å². The van der Waals surface area contributed by atoms with Gasteiger partial charge in [-0.3, -0.25) is 0 Å². The summed E-state index contributed by atoms with van der Waals surface area (Å²) in [6.07, 6.45) is -0.714. The topological polar surface area (TPSA) is 68.2 Å². The minimum absolute atomic E-state index is 0.0979. The monoisotopic (exact) mass is 218 g/mol. The van der Waals surface area contributed by atoms with Gasteiger partial charge in [0.05, 0.1) is 13.2 Å². The van der Waals surface area contributed by atoms with Crippen molar-refractivity contribution in [2.75, 3.05) is 13.2 Å². The van der Waals surface area contributed by atoms with Gasteiger partial charge in [0.15, 0.2) is 12.1 Å². The van der Waals surface area contributed by atoms with Gasteiger partial charge in [-0.1, -0.05) is 6.92 Å². The van der Waals surface area contributed by atoms with Crippen LogP contribution in [0.2, 0.25) is 0 Å². The molecular formula is C10H18O5. The Bertz CT molecular complexity index is 248. The molecule has 0 amide bonds. The minimum atomic E-state index is -0.939. The largest absolute Gasteiger partial charge is 0.393 e. The fourth-order valence-electron chi connectivity index (χ4n) is 2.24. The highest BCUT2D eigenvalue weighted by Gasteiger charge is 2.59. The third kappa shape index (κ3) is 1.59. The molecule has 5 heteroatoms. The molecule has 2 rings (SSSR count). The summed E-state index contributed by atoms with van der Waals surface area (Å²) < 4.78 is 16.8. The van der Waals surface area contributed by atoms with Crippen LogP contribution in [0.15, 0.2) is 0 Å². The molecule has 88 valence electrons. The van der Waals surface area contributed by atoms with Crippen molar-refractivity contribution in [1.82, 2.24) is 0 Å². The maximum Gasteiger partial charge on any atom is 0.188 e. The zero-order valence-corrected chi connectivity index (χ0v) is 9.27. The Morgan fingerprint density at radius 3 is 2.13 bits per heavy atom. The lowest BCUT2D eigenvalue weighted by molar-refractivity contribution is -0.244. The van der Waals surface area contributed by atoms with Gasteiger partial charge in [0.2, 0.25) is 0 Å². The Hall–Kier alpha value is -0.200. The van der Waals surface area contributed by atoms with Crippen LogP contribution in [0.25, 0.3) is 0 Å². The lowest BCUT2D eigenvalue weighted by Gasteiger charge is -2.31. The molecule has 0 spiro atoms. The number of hydrogen-bond acceptors (Lipinski definition) is 5. The summed E-state index contributed by atoms with van der Waals surface area (Å²) in [6.45, 7) is 5.07. The molecule has 2 aliphatic heterocycles. The first kappa shape index (κ1) is 11.3. The van der Waals surface area contributed by atoms with Gasteiger partial charge >= 0.3 is 0 Å². The predicted octanol–water partition coefficient (Wildman–Crippen LogP) is -0.146. The average molecular weight is 218 g/mol. The van der Waals surface area contributed by atoms with Gasteiger partial charge in [0.1, 0.15) is 11.7 Å². The first-order valence-electron chi connectivity index (χ1n) is 5.19. The van der Waals surface area contributed by atoms with Crippen molar-refractivity contribution in [1.29, 1.82) is 0 Å². The first-order valence-corrected chi connectivity index (χ1v) is 5.19. The quantitative estimate of drug-likeness (QED) is 0.675. The van der Waals surface area contributed by atoms with Gasteiger partial charge in [-0.25, -0.2) is 0 Å². The van der Waals surface area contributed by atoms with Crippen molar-refractivity contribution in [2.45, 2.75) is 44.6 Å². The molecule has 0 saturated carbocycles. The first-order chi connectivity index (χ1) is 6.94. The van der Waals surface area contributed by atoms with Crippen LogP contribution in [-0.4, -0.2) is 47.2 Å². The van der Waals surface area contributed by atoms with Crippen LogP contribution in [0.3, 0.4) is 0 Å². The van der Waals surface area contributed by atoms with E-state index in [1.54, 1.807) is 0 Å². The standard InChI is InChI=1S/C10H18O5/c1-6-7-8(14-9(2,3)13-7)15-10(6,4-11)5-12/h6-8,11-12H,4-5H2,1-3H3/t6-,7+,8-/m0/s1. The Morgan fingerprint density at radius 2 is 1.67 bits per heavy atom. The number of aliphatic hydroxyl groups excluding tert-OH is 2. The molecule has 2 heterocycles. The highest BCUT2D eigenvalue weighted by atomic mass is 16.8. The van der Waals surface area contributed by atoms with E-state index in [1.165, 1.54) is 0 Å². The third-order valence-electron chi connectivity index (χ3n) is 3.30. The molecule has 15 heavy (non-hydrogen) atoms. The molecule has 0 bridgehead atoms. The van der Waals surface area contributed by atoms with Gasteiger partial charge in [0, 0.05) is 5.92 Å². The second kappa shape index (κ2) is 3.40. The number of ether oxygens (including phenoxy) is 3. The summed E-state index contributed by atoms with van der Waals surface area (Å²) in [5.41, 5.74) is -0.939. The van der Waals surface area contributed by atoms with Crippen molar-refractivity contribution in [2.24, 2.45) is 5.92 Å². The molecule has 0 aromatic carbocycles. The number of fused-ring (bicyclic) bond motifs is 1. The zero-order valence-electron chi connectivity index (χ0n) is 9.27. The van der Waals surface area contributed by atoms with Crippen LogP contribution in [0, 0.1) is 5.92 Å². The van der Waals surface area contributed by atoms with Crippen LogP contribution < -0.4 is 0 Å². The molecule has 0 unspecified atom stereocenters. The fraction of sp³-hybridized carbons (Fsp3) is 1.00. The second-order valence-electron chi connectivity index (χ2n) is 4.76. The normalized spacial score (nSPS) is 41.8. The van der Waals surface area contributed by atoms with E-state index in [4.69, 9.17) is 14.2 Å². The van der Waals surface area contributed by atoms with E-state index in [2.05, 4.69) is 0 Å². The number of hydrogen-bond donors (Lipinski definition) is 2. The fourth-order valence-corrected chi connectivity index (χ4v) is 2.24. The van der Waals surface area contributed by atoms with Gasteiger partial charge < -0.3 is 24.4 Å². The summed E-state index contributed by atoms with van der Waals surface area (Å²) in [7, 11) is 0. The Morgan fingerprint density at radius 1 is 1.07 bits per heavy atom. The molecule has 3 atom stereocenters. The Labute approximate surface area is 88.9 Å². The second-order valence-corrected chi connectivity index (χ2v) is 4.76. The van der Waals surface area contributed by atoms with Crippen LogP contribution in [0.4, 0.5) is 0 Å². The molecule has 0 aliphatic carbocycles. The summed E-state index contributed by atoms with van der Waals surface area (Å²) in [4.78, 5) is 0. The summed E-state index contributed by atoms with van der Waals surface area (Å²) in [5.74, 6) is -0.750.